The van der Waals surface area contributed by atoms with Crippen molar-refractivity contribution in [2.75, 3.05) is 31.8 Å². The van der Waals surface area contributed by atoms with E-state index in [2.05, 4.69) is 23.3 Å². The lowest BCUT2D eigenvalue weighted by Crippen LogP contribution is -2.27. The van der Waals surface area contributed by atoms with Gasteiger partial charge in [0, 0.05) is 36.3 Å². The number of ether oxygens (including phenoxy) is 1. The lowest BCUT2D eigenvalue weighted by molar-refractivity contribution is 0.103. The largest absolute Gasteiger partial charge is 0.497 e. The first kappa shape index (κ1) is 17.8. The molecule has 1 aromatic carbocycles. The van der Waals surface area contributed by atoms with Gasteiger partial charge in [0.2, 0.25) is 0 Å². The number of pyridine rings is 1. The first-order valence-corrected chi connectivity index (χ1v) is 9.63. The highest BCUT2D eigenvalue weighted by molar-refractivity contribution is 7.21. The van der Waals surface area contributed by atoms with Crippen LogP contribution in [0.4, 0.5) is 11.4 Å². The Bertz CT molecular complexity index is 1040. The van der Waals surface area contributed by atoms with Crippen LogP contribution in [0.2, 0.25) is 0 Å². The van der Waals surface area contributed by atoms with Crippen molar-refractivity contribution in [2.24, 2.45) is 0 Å². The van der Waals surface area contributed by atoms with Gasteiger partial charge in [0.15, 0.2) is 0 Å². The molecule has 0 fully saturated rings. The van der Waals surface area contributed by atoms with Gasteiger partial charge in [-0.15, -0.1) is 11.3 Å². The van der Waals surface area contributed by atoms with Crippen molar-refractivity contribution in [3.05, 3.63) is 46.0 Å². The van der Waals surface area contributed by atoms with Crippen LogP contribution in [-0.4, -0.2) is 36.5 Å². The van der Waals surface area contributed by atoms with Crippen molar-refractivity contribution in [1.29, 1.82) is 0 Å². The minimum absolute atomic E-state index is 0.209. The molecule has 3 N–H and O–H groups in total. The molecule has 6 nitrogen and oxygen atoms in total. The third kappa shape index (κ3) is 3.24. The second-order valence-electron chi connectivity index (χ2n) is 6.91. The van der Waals surface area contributed by atoms with E-state index in [1.54, 1.807) is 7.11 Å². The van der Waals surface area contributed by atoms with Crippen molar-refractivity contribution in [3.8, 4) is 5.75 Å². The van der Waals surface area contributed by atoms with Crippen molar-refractivity contribution < 1.29 is 9.53 Å². The zero-order chi connectivity index (χ0) is 19.1. The molecular weight excluding hydrogens is 360 g/mol. The van der Waals surface area contributed by atoms with Crippen LogP contribution in [0.5, 0.6) is 5.75 Å². The number of carbonyl (C=O) groups excluding carboxylic acids is 1. The number of likely N-dealkylation sites (N-methyl/N-ethyl adjacent to an activating group) is 1. The van der Waals surface area contributed by atoms with E-state index in [1.807, 2.05) is 25.1 Å². The van der Waals surface area contributed by atoms with Gasteiger partial charge < -0.3 is 20.7 Å². The molecule has 4 rings (SSSR count). The number of anilines is 2. The molecule has 0 saturated heterocycles. The monoisotopic (exact) mass is 382 g/mol. The first-order valence-electron chi connectivity index (χ1n) is 8.81. The Kier molecular flexibility index (Phi) is 4.49. The van der Waals surface area contributed by atoms with E-state index in [4.69, 9.17) is 15.5 Å². The number of nitrogen functional groups attached to an aromatic ring is 1. The number of amides is 1. The number of hydrogen-bond donors (Lipinski definition) is 2. The Morgan fingerprint density at radius 1 is 1.37 bits per heavy atom. The molecule has 1 amide bonds. The maximum atomic E-state index is 12.8. The fraction of sp³-hybridized carbons (Fsp3) is 0.300. The van der Waals surface area contributed by atoms with Gasteiger partial charge in [0.05, 0.1) is 12.8 Å². The Labute approximate surface area is 162 Å². The lowest BCUT2D eigenvalue weighted by atomic mass is 10.0. The van der Waals surface area contributed by atoms with Gasteiger partial charge in [0.1, 0.15) is 15.5 Å². The number of aromatic nitrogens is 1. The van der Waals surface area contributed by atoms with Crippen LogP contribution in [0.15, 0.2) is 24.3 Å². The van der Waals surface area contributed by atoms with Crippen LogP contribution in [0.25, 0.3) is 10.2 Å². The number of aryl methyl sites for hydroxylation is 1. The predicted molar refractivity (Wildman–Crippen MR) is 110 cm³/mol. The standard InChI is InChI=1S/C20H22N4O2S/c1-11-8-13(26-3)4-5-15(11)22-19(25)18-17(21)14-9-12-10-24(2)7-6-16(12)23-20(14)27-18/h4-5,8-9H,6-7,10,21H2,1-3H3,(H,22,25). The molecule has 2 aromatic heterocycles. The number of benzene rings is 1. The highest BCUT2D eigenvalue weighted by Gasteiger charge is 2.22. The van der Waals surface area contributed by atoms with E-state index in [9.17, 15) is 4.79 Å². The first-order chi connectivity index (χ1) is 13.0. The number of carbonyl (C=O) groups is 1. The maximum Gasteiger partial charge on any atom is 0.267 e. The Hall–Kier alpha value is -2.64. The summed E-state index contributed by atoms with van der Waals surface area (Å²) < 4.78 is 5.21. The zero-order valence-corrected chi connectivity index (χ0v) is 16.4. The summed E-state index contributed by atoms with van der Waals surface area (Å²) in [6.45, 7) is 3.79. The van der Waals surface area contributed by atoms with Crippen LogP contribution in [0.3, 0.4) is 0 Å². The number of nitrogens with two attached hydrogens (primary N) is 1. The number of rotatable bonds is 3. The summed E-state index contributed by atoms with van der Waals surface area (Å²) in [6.07, 6.45) is 0.923. The molecule has 0 radical (unpaired) electrons. The summed E-state index contributed by atoms with van der Waals surface area (Å²) in [7, 11) is 3.72. The summed E-state index contributed by atoms with van der Waals surface area (Å²) in [4.78, 5) is 21.2. The van der Waals surface area contributed by atoms with Gasteiger partial charge in [-0.05, 0) is 49.4 Å². The smallest absolute Gasteiger partial charge is 0.267 e. The zero-order valence-electron chi connectivity index (χ0n) is 15.6. The minimum atomic E-state index is -0.209. The van der Waals surface area contributed by atoms with Crippen molar-refractivity contribution in [2.45, 2.75) is 19.9 Å². The highest BCUT2D eigenvalue weighted by Crippen LogP contribution is 2.35. The molecular formula is C20H22N4O2S. The molecule has 0 unspecified atom stereocenters. The molecule has 7 heteroatoms. The summed E-state index contributed by atoms with van der Waals surface area (Å²) in [6, 6.07) is 7.63. The number of fused-ring (bicyclic) bond motifs is 2. The van der Waals surface area contributed by atoms with Crippen LogP contribution in [0, 0.1) is 6.92 Å². The Balaban J connectivity index is 1.67. The number of nitrogens with zero attached hydrogens (tertiary/aromatic N) is 2. The Morgan fingerprint density at radius 3 is 2.93 bits per heavy atom. The second kappa shape index (κ2) is 6.83. The highest BCUT2D eigenvalue weighted by atomic mass is 32.1. The van der Waals surface area contributed by atoms with E-state index in [0.29, 0.717) is 10.6 Å². The van der Waals surface area contributed by atoms with E-state index < -0.39 is 0 Å². The van der Waals surface area contributed by atoms with Gasteiger partial charge in [-0.3, -0.25) is 4.79 Å². The van der Waals surface area contributed by atoms with Gasteiger partial charge >= 0.3 is 0 Å². The van der Waals surface area contributed by atoms with Crippen LogP contribution in [0.1, 0.15) is 26.5 Å². The van der Waals surface area contributed by atoms with Gasteiger partial charge in [-0.2, -0.15) is 0 Å². The quantitative estimate of drug-likeness (QED) is 0.725. The van der Waals surface area contributed by atoms with Gasteiger partial charge in [0.25, 0.3) is 5.91 Å². The topological polar surface area (TPSA) is 80.5 Å². The fourth-order valence-electron chi connectivity index (χ4n) is 3.39. The number of hydrogen-bond acceptors (Lipinski definition) is 6. The molecule has 0 aliphatic carbocycles. The van der Waals surface area contributed by atoms with E-state index in [-0.39, 0.29) is 5.91 Å². The van der Waals surface area contributed by atoms with Crippen LogP contribution >= 0.6 is 11.3 Å². The molecule has 3 heterocycles. The Morgan fingerprint density at radius 2 is 2.19 bits per heavy atom. The summed E-state index contributed by atoms with van der Waals surface area (Å²) in [5.74, 6) is 0.547. The fourth-order valence-corrected chi connectivity index (χ4v) is 4.38. The maximum absolute atomic E-state index is 12.8. The number of nitrogens with one attached hydrogen (secondary N) is 1. The molecule has 0 saturated carbocycles. The average molecular weight is 382 g/mol. The third-order valence-corrected chi connectivity index (χ3v) is 6.06. The molecule has 27 heavy (non-hydrogen) atoms. The normalized spacial score (nSPS) is 14.2. The molecule has 0 bridgehead atoms. The van der Waals surface area contributed by atoms with Crippen molar-refractivity contribution in [1.82, 2.24) is 9.88 Å². The third-order valence-electron chi connectivity index (χ3n) is 4.95. The second-order valence-corrected chi connectivity index (χ2v) is 7.91. The van der Waals surface area contributed by atoms with E-state index >= 15 is 0 Å². The summed E-state index contributed by atoms with van der Waals surface area (Å²) >= 11 is 1.35. The van der Waals surface area contributed by atoms with Crippen LogP contribution < -0.4 is 15.8 Å². The van der Waals surface area contributed by atoms with Crippen molar-refractivity contribution >= 4 is 38.8 Å². The number of methoxy groups -OCH3 is 1. The summed E-state index contributed by atoms with van der Waals surface area (Å²) in [5.41, 5.74) is 10.8. The molecule has 0 spiro atoms. The molecule has 0 atom stereocenters. The van der Waals surface area contributed by atoms with Crippen molar-refractivity contribution in [3.63, 3.8) is 0 Å². The summed E-state index contributed by atoms with van der Waals surface area (Å²) in [5, 5.41) is 3.82. The lowest BCUT2D eigenvalue weighted by Gasteiger charge is -2.24. The van der Waals surface area contributed by atoms with Gasteiger partial charge in [-0.1, -0.05) is 0 Å². The predicted octanol–water partition coefficient (Wildman–Crippen LogP) is 3.44. The van der Waals surface area contributed by atoms with E-state index in [0.717, 1.165) is 52.4 Å². The minimum Gasteiger partial charge on any atom is -0.497 e. The van der Waals surface area contributed by atoms with E-state index in [1.165, 1.54) is 16.9 Å². The number of thiophene rings is 1. The molecule has 1 aliphatic rings. The molecule has 140 valence electrons. The van der Waals surface area contributed by atoms with Crippen LogP contribution in [-0.2, 0) is 13.0 Å². The molecule has 1 aliphatic heterocycles. The SMILES string of the molecule is COc1ccc(NC(=O)c2sc3nc4c(cc3c2N)CN(C)CC4)c(C)c1. The van der Waals surface area contributed by atoms with Gasteiger partial charge in [-0.25, -0.2) is 4.98 Å². The molecule has 3 aromatic rings. The average Bonchev–Trinajstić information content (AvgIpc) is 2.97.